The third-order valence-corrected chi connectivity index (χ3v) is 4.68. The first-order valence-electron chi connectivity index (χ1n) is 7.11. The zero-order valence-corrected chi connectivity index (χ0v) is 12.5. The number of carbonyl (C=O) groups excluding carboxylic acids is 3. The minimum Gasteiger partial charge on any atom is -0.292 e. The number of hydrogen-bond donors (Lipinski definition) is 0. The minimum atomic E-state index is -0.235. The van der Waals surface area contributed by atoms with Gasteiger partial charge in [0.2, 0.25) is 11.8 Å². The lowest BCUT2D eigenvalue weighted by atomic mass is 10.00. The topological polar surface area (TPSA) is 54.5 Å². The average Bonchev–Trinajstić information content (AvgIpc) is 2.93. The maximum absolute atomic E-state index is 12.3. The molecule has 2 amide bonds. The summed E-state index contributed by atoms with van der Waals surface area (Å²) < 4.78 is 0. The largest absolute Gasteiger partial charge is 0.292 e. The van der Waals surface area contributed by atoms with Crippen molar-refractivity contribution >= 4 is 29.2 Å². The molecule has 1 aromatic rings. The first-order chi connectivity index (χ1) is 9.97. The molecule has 1 saturated heterocycles. The van der Waals surface area contributed by atoms with E-state index >= 15 is 0 Å². The van der Waals surface area contributed by atoms with Crippen LogP contribution in [0, 0.1) is 17.8 Å². The Hall–Kier alpha value is -1.68. The van der Waals surface area contributed by atoms with Gasteiger partial charge in [0.05, 0.1) is 18.4 Å². The summed E-state index contributed by atoms with van der Waals surface area (Å²) in [5.41, 5.74) is 0.463. The highest BCUT2D eigenvalue weighted by molar-refractivity contribution is 6.30. The van der Waals surface area contributed by atoms with Crippen molar-refractivity contribution in [3.8, 4) is 0 Å². The molecule has 0 N–H and O–H groups in total. The fourth-order valence-corrected chi connectivity index (χ4v) is 3.50. The van der Waals surface area contributed by atoms with E-state index in [4.69, 9.17) is 11.6 Å². The molecule has 3 rings (SSSR count). The van der Waals surface area contributed by atoms with E-state index in [1.807, 2.05) is 0 Å². The summed E-state index contributed by atoms with van der Waals surface area (Å²) in [5.74, 6) is -0.632. The second-order valence-electron chi connectivity index (χ2n) is 5.98. The molecule has 5 heteroatoms. The molecule has 2 unspecified atom stereocenters. The Kier molecular flexibility index (Phi) is 3.57. The maximum atomic E-state index is 12.3. The van der Waals surface area contributed by atoms with Gasteiger partial charge in [-0.3, -0.25) is 19.3 Å². The molecule has 0 spiro atoms. The van der Waals surface area contributed by atoms with Crippen LogP contribution < -0.4 is 0 Å². The van der Waals surface area contributed by atoms with Gasteiger partial charge < -0.3 is 0 Å². The lowest BCUT2D eigenvalue weighted by Crippen LogP contribution is -2.36. The minimum absolute atomic E-state index is 0.166. The zero-order chi connectivity index (χ0) is 15.1. The molecule has 1 heterocycles. The molecular formula is C16H16ClNO3. The standard InChI is InChI=1S/C16H16ClNO3/c1-9-6-12-13(7-9)16(21)18(15(12)20)8-14(19)10-2-4-11(17)5-3-10/h2-5,9,12-13H,6-8H2,1H3. The molecule has 0 radical (unpaired) electrons. The van der Waals surface area contributed by atoms with Gasteiger partial charge in [-0.05, 0) is 43.0 Å². The summed E-state index contributed by atoms with van der Waals surface area (Å²) in [6, 6.07) is 6.47. The quantitative estimate of drug-likeness (QED) is 0.637. The van der Waals surface area contributed by atoms with E-state index in [0.717, 1.165) is 17.7 Å². The molecule has 4 nitrogen and oxygen atoms in total. The van der Waals surface area contributed by atoms with E-state index < -0.39 is 0 Å². The number of rotatable bonds is 3. The molecule has 0 bridgehead atoms. The van der Waals surface area contributed by atoms with Gasteiger partial charge in [0.25, 0.3) is 0 Å². The number of benzene rings is 1. The van der Waals surface area contributed by atoms with Gasteiger partial charge in [-0.2, -0.15) is 0 Å². The SMILES string of the molecule is CC1CC2C(=O)N(CC(=O)c3ccc(Cl)cc3)C(=O)C2C1. The normalized spacial score (nSPS) is 28.1. The van der Waals surface area contributed by atoms with Crippen LogP contribution in [0.2, 0.25) is 5.02 Å². The Morgan fingerprint density at radius 3 is 2.19 bits per heavy atom. The van der Waals surface area contributed by atoms with Crippen molar-refractivity contribution < 1.29 is 14.4 Å². The fraction of sp³-hybridized carbons (Fsp3) is 0.438. The fourth-order valence-electron chi connectivity index (χ4n) is 3.37. The van der Waals surface area contributed by atoms with E-state index in [1.165, 1.54) is 0 Å². The number of nitrogens with zero attached hydrogens (tertiary/aromatic N) is 1. The summed E-state index contributed by atoms with van der Waals surface area (Å²) in [6.07, 6.45) is 1.50. The molecular weight excluding hydrogens is 290 g/mol. The third-order valence-electron chi connectivity index (χ3n) is 4.43. The van der Waals surface area contributed by atoms with Crippen LogP contribution in [0.1, 0.15) is 30.1 Å². The molecule has 2 fully saturated rings. The molecule has 2 atom stereocenters. The van der Waals surface area contributed by atoms with Crippen LogP contribution in [0.3, 0.4) is 0 Å². The predicted molar refractivity (Wildman–Crippen MR) is 77.9 cm³/mol. The van der Waals surface area contributed by atoms with Crippen molar-refractivity contribution in [2.45, 2.75) is 19.8 Å². The predicted octanol–water partition coefficient (Wildman–Crippen LogP) is 2.55. The summed E-state index contributed by atoms with van der Waals surface area (Å²) >= 11 is 5.78. The zero-order valence-electron chi connectivity index (χ0n) is 11.7. The molecule has 2 aliphatic rings. The molecule has 1 aromatic carbocycles. The summed E-state index contributed by atoms with van der Waals surface area (Å²) in [6.45, 7) is 1.89. The van der Waals surface area contributed by atoms with Crippen LogP contribution in [-0.4, -0.2) is 29.0 Å². The molecule has 110 valence electrons. The van der Waals surface area contributed by atoms with Crippen molar-refractivity contribution in [2.24, 2.45) is 17.8 Å². The number of imide groups is 1. The van der Waals surface area contributed by atoms with Crippen molar-refractivity contribution in [3.05, 3.63) is 34.9 Å². The van der Waals surface area contributed by atoms with E-state index in [9.17, 15) is 14.4 Å². The maximum Gasteiger partial charge on any atom is 0.233 e. The number of fused-ring (bicyclic) bond motifs is 1. The summed E-state index contributed by atoms with van der Waals surface area (Å²) in [4.78, 5) is 37.9. The molecule has 21 heavy (non-hydrogen) atoms. The van der Waals surface area contributed by atoms with Gasteiger partial charge in [-0.15, -0.1) is 0 Å². The Morgan fingerprint density at radius 1 is 1.14 bits per heavy atom. The van der Waals surface area contributed by atoms with Crippen LogP contribution in [0.5, 0.6) is 0 Å². The van der Waals surface area contributed by atoms with Gasteiger partial charge in [-0.25, -0.2) is 0 Å². The summed E-state index contributed by atoms with van der Waals surface area (Å²) in [5, 5.41) is 0.545. The van der Waals surface area contributed by atoms with Crippen LogP contribution in [0.4, 0.5) is 0 Å². The highest BCUT2D eigenvalue weighted by Gasteiger charge is 2.51. The van der Waals surface area contributed by atoms with Crippen molar-refractivity contribution in [1.29, 1.82) is 0 Å². The number of halogens is 1. The van der Waals surface area contributed by atoms with Crippen LogP contribution in [-0.2, 0) is 9.59 Å². The van der Waals surface area contributed by atoms with Gasteiger partial charge in [0, 0.05) is 10.6 Å². The number of hydrogen-bond acceptors (Lipinski definition) is 3. The lowest BCUT2D eigenvalue weighted by Gasteiger charge is -2.16. The van der Waals surface area contributed by atoms with E-state index in [2.05, 4.69) is 6.92 Å². The number of amides is 2. The van der Waals surface area contributed by atoms with E-state index in [-0.39, 0.29) is 36.0 Å². The van der Waals surface area contributed by atoms with Crippen molar-refractivity contribution in [3.63, 3.8) is 0 Å². The van der Waals surface area contributed by atoms with Crippen LogP contribution in [0.25, 0.3) is 0 Å². The van der Waals surface area contributed by atoms with Gasteiger partial charge >= 0.3 is 0 Å². The summed E-state index contributed by atoms with van der Waals surface area (Å²) in [7, 11) is 0. The number of likely N-dealkylation sites (tertiary alicyclic amines) is 1. The molecule has 1 aliphatic carbocycles. The van der Waals surface area contributed by atoms with E-state index in [1.54, 1.807) is 24.3 Å². The Labute approximate surface area is 128 Å². The second kappa shape index (κ2) is 5.26. The average molecular weight is 306 g/mol. The molecule has 1 aliphatic heterocycles. The second-order valence-corrected chi connectivity index (χ2v) is 6.42. The highest BCUT2D eigenvalue weighted by Crippen LogP contribution is 2.42. The van der Waals surface area contributed by atoms with Crippen LogP contribution in [0.15, 0.2) is 24.3 Å². The van der Waals surface area contributed by atoms with Gasteiger partial charge in [0.15, 0.2) is 5.78 Å². The van der Waals surface area contributed by atoms with Crippen molar-refractivity contribution in [2.75, 3.05) is 6.54 Å². The van der Waals surface area contributed by atoms with Gasteiger partial charge in [0.1, 0.15) is 0 Å². The smallest absolute Gasteiger partial charge is 0.233 e. The number of ketones is 1. The van der Waals surface area contributed by atoms with Crippen molar-refractivity contribution in [1.82, 2.24) is 4.90 Å². The Morgan fingerprint density at radius 2 is 1.67 bits per heavy atom. The first kappa shape index (κ1) is 14.3. The Bertz CT molecular complexity index is 586. The van der Waals surface area contributed by atoms with E-state index in [0.29, 0.717) is 16.5 Å². The van der Waals surface area contributed by atoms with Crippen LogP contribution >= 0.6 is 11.6 Å². The number of Topliss-reactive ketones (excluding diaryl/α,β-unsaturated/α-hetero) is 1. The monoisotopic (exact) mass is 305 g/mol. The number of carbonyl (C=O) groups is 3. The molecule has 0 aromatic heterocycles. The highest BCUT2D eigenvalue weighted by atomic mass is 35.5. The Balaban J connectivity index is 1.74. The molecule has 1 saturated carbocycles. The van der Waals surface area contributed by atoms with Gasteiger partial charge in [-0.1, -0.05) is 18.5 Å². The third kappa shape index (κ3) is 2.48. The first-order valence-corrected chi connectivity index (χ1v) is 7.49. The lowest BCUT2D eigenvalue weighted by molar-refractivity contribution is -0.139.